The van der Waals surface area contributed by atoms with Gasteiger partial charge in [0.25, 0.3) is 0 Å². The van der Waals surface area contributed by atoms with Crippen LogP contribution in [0.1, 0.15) is 26.7 Å². The maximum Gasteiger partial charge on any atom is 0.319 e. The van der Waals surface area contributed by atoms with Gasteiger partial charge >= 0.3 is 6.03 Å². The summed E-state index contributed by atoms with van der Waals surface area (Å²) in [5.74, 6) is 0. The predicted octanol–water partition coefficient (Wildman–Crippen LogP) is 3.65. The first kappa shape index (κ1) is 17.9. The highest BCUT2D eigenvalue weighted by Gasteiger charge is 2.18. The topological polar surface area (TPSA) is 44.4 Å². The van der Waals surface area contributed by atoms with Gasteiger partial charge in [0, 0.05) is 23.2 Å². The minimum absolute atomic E-state index is 0.112. The summed E-state index contributed by atoms with van der Waals surface area (Å²) in [5.41, 5.74) is 0.841. The zero-order chi connectivity index (χ0) is 15.7. The molecule has 0 saturated carbocycles. The Morgan fingerprint density at radius 3 is 2.81 bits per heavy atom. The molecule has 0 radical (unpaired) electrons. The number of rotatable bonds is 3. The van der Waals surface area contributed by atoms with E-state index < -0.39 is 0 Å². The van der Waals surface area contributed by atoms with Gasteiger partial charge in [0.2, 0.25) is 0 Å². The monoisotopic (exact) mass is 309 g/mol. The molecule has 0 unspecified atom stereocenters. The molecule has 1 aromatic rings. The Hall–Kier alpha value is -1.20. The van der Waals surface area contributed by atoms with Gasteiger partial charge in [-0.15, -0.1) is 11.8 Å². The molecule has 1 aliphatic heterocycles. The van der Waals surface area contributed by atoms with Crippen LogP contribution in [0, 0.1) is 0 Å². The number of piperidine rings is 1. The van der Waals surface area contributed by atoms with Crippen molar-refractivity contribution in [1.82, 2.24) is 10.2 Å². The van der Waals surface area contributed by atoms with Crippen LogP contribution < -0.4 is 10.6 Å². The fourth-order valence-corrected chi connectivity index (χ4v) is 2.80. The number of nitrogens with one attached hydrogen (secondary N) is 2. The second kappa shape index (κ2) is 9.68. The molecule has 0 aromatic heterocycles. The largest absolute Gasteiger partial charge is 0.334 e. The van der Waals surface area contributed by atoms with Gasteiger partial charge in [-0.25, -0.2) is 4.79 Å². The summed E-state index contributed by atoms with van der Waals surface area (Å²) in [7, 11) is 2.09. The SMILES string of the molecule is CC.CSc1cccc(NC(=O)N[C@@H]2CCCN(C)C2)c1. The van der Waals surface area contributed by atoms with Crippen LogP contribution in [0.25, 0.3) is 0 Å². The third-order valence-electron chi connectivity index (χ3n) is 3.29. The molecule has 4 nitrogen and oxygen atoms in total. The van der Waals surface area contributed by atoms with E-state index in [0.717, 1.165) is 36.5 Å². The van der Waals surface area contributed by atoms with Crippen LogP contribution in [0.4, 0.5) is 10.5 Å². The molecule has 0 bridgehead atoms. The Kier molecular flexibility index (Phi) is 8.23. The van der Waals surface area contributed by atoms with Crippen LogP contribution >= 0.6 is 11.8 Å². The molecule has 118 valence electrons. The molecule has 2 N–H and O–H groups in total. The number of anilines is 1. The quantitative estimate of drug-likeness (QED) is 0.838. The molecule has 2 amide bonds. The lowest BCUT2D eigenvalue weighted by Crippen LogP contribution is -2.47. The van der Waals surface area contributed by atoms with Crippen molar-refractivity contribution in [2.45, 2.75) is 37.6 Å². The number of amides is 2. The van der Waals surface area contributed by atoms with Crippen LogP contribution in [-0.2, 0) is 0 Å². The molecule has 1 fully saturated rings. The fraction of sp³-hybridized carbons (Fsp3) is 0.562. The summed E-state index contributed by atoms with van der Waals surface area (Å²) in [5, 5.41) is 5.93. The second-order valence-electron chi connectivity index (χ2n) is 4.93. The van der Waals surface area contributed by atoms with Crippen molar-refractivity contribution in [3.8, 4) is 0 Å². The normalized spacial score (nSPS) is 18.4. The van der Waals surface area contributed by atoms with Gasteiger partial charge in [-0.1, -0.05) is 19.9 Å². The summed E-state index contributed by atoms with van der Waals surface area (Å²) in [6.07, 6.45) is 4.23. The van der Waals surface area contributed by atoms with Crippen LogP contribution in [-0.4, -0.2) is 43.4 Å². The average molecular weight is 309 g/mol. The highest BCUT2D eigenvalue weighted by atomic mass is 32.2. The van der Waals surface area contributed by atoms with Crippen molar-refractivity contribution in [3.63, 3.8) is 0 Å². The Labute approximate surface area is 132 Å². The standard InChI is InChI=1S/C14H21N3OS.C2H6/c1-17-8-4-6-12(10-17)16-14(18)15-11-5-3-7-13(9-11)19-2;1-2/h3,5,7,9,12H,4,6,8,10H2,1-2H3,(H2,15,16,18);1-2H3/t12-;/m1./s1. The first-order chi connectivity index (χ1) is 10.2. The number of hydrogen-bond donors (Lipinski definition) is 2. The number of carbonyl (C=O) groups excluding carboxylic acids is 1. The van der Waals surface area contributed by atoms with Crippen molar-refractivity contribution in [1.29, 1.82) is 0 Å². The number of nitrogens with zero attached hydrogens (tertiary/aromatic N) is 1. The third-order valence-corrected chi connectivity index (χ3v) is 4.01. The number of likely N-dealkylation sites (tertiary alicyclic amines) is 1. The molecule has 2 rings (SSSR count). The second-order valence-corrected chi connectivity index (χ2v) is 5.81. The molecule has 0 aliphatic carbocycles. The van der Waals surface area contributed by atoms with E-state index in [4.69, 9.17) is 0 Å². The molecule has 1 heterocycles. The summed E-state index contributed by atoms with van der Waals surface area (Å²) in [6.45, 7) is 6.05. The van der Waals surface area contributed by atoms with Crippen molar-refractivity contribution in [2.24, 2.45) is 0 Å². The van der Waals surface area contributed by atoms with E-state index >= 15 is 0 Å². The minimum atomic E-state index is -0.112. The van der Waals surface area contributed by atoms with Crippen molar-refractivity contribution in [2.75, 3.05) is 31.7 Å². The lowest BCUT2D eigenvalue weighted by Gasteiger charge is -2.30. The molecule has 0 spiro atoms. The number of hydrogen-bond acceptors (Lipinski definition) is 3. The summed E-state index contributed by atoms with van der Waals surface area (Å²) in [4.78, 5) is 15.3. The van der Waals surface area contributed by atoms with E-state index in [1.54, 1.807) is 11.8 Å². The predicted molar refractivity (Wildman–Crippen MR) is 92.2 cm³/mol. The summed E-state index contributed by atoms with van der Waals surface area (Å²) in [6, 6.07) is 8.02. The Balaban J connectivity index is 0.00000106. The highest BCUT2D eigenvalue weighted by Crippen LogP contribution is 2.19. The first-order valence-corrected chi connectivity index (χ1v) is 8.80. The zero-order valence-electron chi connectivity index (χ0n) is 13.5. The fourth-order valence-electron chi connectivity index (χ4n) is 2.34. The van der Waals surface area contributed by atoms with Crippen LogP contribution in [0.5, 0.6) is 0 Å². The van der Waals surface area contributed by atoms with Crippen molar-refractivity contribution >= 4 is 23.5 Å². The van der Waals surface area contributed by atoms with Gasteiger partial charge < -0.3 is 15.5 Å². The smallest absolute Gasteiger partial charge is 0.319 e. The van der Waals surface area contributed by atoms with Gasteiger partial charge in [0.1, 0.15) is 0 Å². The van der Waals surface area contributed by atoms with Crippen LogP contribution in [0.2, 0.25) is 0 Å². The maximum absolute atomic E-state index is 11.9. The molecule has 21 heavy (non-hydrogen) atoms. The van der Waals surface area contributed by atoms with Crippen LogP contribution in [0.15, 0.2) is 29.2 Å². The Morgan fingerprint density at radius 2 is 2.14 bits per heavy atom. The Morgan fingerprint density at radius 1 is 1.38 bits per heavy atom. The van der Waals surface area contributed by atoms with Gasteiger partial charge in [-0.3, -0.25) is 0 Å². The zero-order valence-corrected chi connectivity index (χ0v) is 14.3. The highest BCUT2D eigenvalue weighted by molar-refractivity contribution is 7.98. The molecule has 1 aliphatic rings. The lowest BCUT2D eigenvalue weighted by molar-refractivity contribution is 0.216. The molecule has 1 saturated heterocycles. The number of carbonyl (C=O) groups is 1. The summed E-state index contributed by atoms with van der Waals surface area (Å²) >= 11 is 1.67. The van der Waals surface area contributed by atoms with Gasteiger partial charge in [-0.2, -0.15) is 0 Å². The first-order valence-electron chi connectivity index (χ1n) is 7.57. The van der Waals surface area contributed by atoms with Gasteiger partial charge in [-0.05, 0) is 50.9 Å². The van der Waals surface area contributed by atoms with Gasteiger partial charge in [0.05, 0.1) is 0 Å². The minimum Gasteiger partial charge on any atom is -0.334 e. The van der Waals surface area contributed by atoms with Crippen molar-refractivity contribution in [3.05, 3.63) is 24.3 Å². The van der Waals surface area contributed by atoms with E-state index in [9.17, 15) is 4.79 Å². The van der Waals surface area contributed by atoms with Crippen molar-refractivity contribution < 1.29 is 4.79 Å². The number of thioether (sulfide) groups is 1. The Bertz CT molecular complexity index is 439. The van der Waals surface area contributed by atoms with E-state index in [0.29, 0.717) is 0 Å². The van der Waals surface area contributed by atoms with E-state index in [1.807, 2.05) is 44.4 Å². The van der Waals surface area contributed by atoms with Crippen LogP contribution in [0.3, 0.4) is 0 Å². The van der Waals surface area contributed by atoms with E-state index in [-0.39, 0.29) is 12.1 Å². The maximum atomic E-state index is 11.9. The molecule has 1 atom stereocenters. The van der Waals surface area contributed by atoms with E-state index in [2.05, 4.69) is 22.6 Å². The number of benzene rings is 1. The molecule has 1 aromatic carbocycles. The molecular weight excluding hydrogens is 282 g/mol. The van der Waals surface area contributed by atoms with Gasteiger partial charge in [0.15, 0.2) is 0 Å². The van der Waals surface area contributed by atoms with E-state index in [1.165, 1.54) is 0 Å². The number of likely N-dealkylation sites (N-methyl/N-ethyl adjacent to an activating group) is 1. The molecular formula is C16H27N3OS. The third kappa shape index (κ3) is 6.40. The summed E-state index contributed by atoms with van der Waals surface area (Å²) < 4.78 is 0. The average Bonchev–Trinajstić information content (AvgIpc) is 2.49. The molecule has 5 heteroatoms. The lowest BCUT2D eigenvalue weighted by atomic mass is 10.1. The number of urea groups is 1.